The zero-order valence-corrected chi connectivity index (χ0v) is 8.50. The second kappa shape index (κ2) is 3.95. The van der Waals surface area contributed by atoms with Gasteiger partial charge in [-0.2, -0.15) is 8.42 Å². The fraction of sp³-hybridized carbons (Fsp3) is 0.250. The zero-order valence-electron chi connectivity index (χ0n) is 7.69. The lowest BCUT2D eigenvalue weighted by Crippen LogP contribution is -2.08. The Balaban J connectivity index is 3.22. The number of nitrogens with one attached hydrogen (secondary N) is 1. The zero-order chi connectivity index (χ0) is 10.8. The van der Waals surface area contributed by atoms with E-state index in [4.69, 9.17) is 10.3 Å². The Morgan fingerprint density at radius 3 is 2.64 bits per heavy atom. The van der Waals surface area contributed by atoms with Crippen LogP contribution in [0.4, 0.5) is 5.69 Å². The van der Waals surface area contributed by atoms with Gasteiger partial charge in [-0.05, 0) is 24.7 Å². The Bertz CT molecular complexity index is 428. The maximum Gasteiger partial charge on any atom is 0.296 e. The molecule has 6 heteroatoms. The molecule has 0 fully saturated rings. The van der Waals surface area contributed by atoms with Crippen LogP contribution in [0.25, 0.3) is 0 Å². The van der Waals surface area contributed by atoms with Gasteiger partial charge in [0.25, 0.3) is 10.1 Å². The van der Waals surface area contributed by atoms with Gasteiger partial charge in [-0.15, -0.1) is 0 Å². The Hall–Kier alpha value is -1.11. The number of benzene rings is 1. The average Bonchev–Trinajstić information content (AvgIpc) is 2.07. The highest BCUT2D eigenvalue weighted by Gasteiger charge is 2.13. The highest BCUT2D eigenvalue weighted by Crippen LogP contribution is 2.19. The van der Waals surface area contributed by atoms with Crippen molar-refractivity contribution in [3.05, 3.63) is 23.8 Å². The van der Waals surface area contributed by atoms with Gasteiger partial charge in [-0.25, -0.2) is 0 Å². The van der Waals surface area contributed by atoms with Gasteiger partial charge >= 0.3 is 0 Å². The van der Waals surface area contributed by atoms with Crippen LogP contribution in [-0.2, 0) is 16.7 Å². The Kier molecular flexibility index (Phi) is 3.10. The fourth-order valence-electron chi connectivity index (χ4n) is 1.12. The summed E-state index contributed by atoms with van der Waals surface area (Å²) in [6, 6.07) is 4.50. The van der Waals surface area contributed by atoms with E-state index in [1.54, 1.807) is 13.1 Å². The van der Waals surface area contributed by atoms with Crippen LogP contribution in [0.2, 0.25) is 0 Å². The van der Waals surface area contributed by atoms with Gasteiger partial charge in [0.15, 0.2) is 0 Å². The number of hydrogen-bond donors (Lipinski definition) is 3. The number of nitrogen functional groups attached to an aromatic ring is 1. The van der Waals surface area contributed by atoms with E-state index in [-0.39, 0.29) is 10.6 Å². The lowest BCUT2D eigenvalue weighted by atomic mass is 10.2. The summed E-state index contributed by atoms with van der Waals surface area (Å²) >= 11 is 0. The van der Waals surface area contributed by atoms with Gasteiger partial charge in [-0.1, -0.05) is 6.07 Å². The first-order valence-electron chi connectivity index (χ1n) is 3.95. The summed E-state index contributed by atoms with van der Waals surface area (Å²) in [5.74, 6) is 0. The van der Waals surface area contributed by atoms with Gasteiger partial charge in [0.1, 0.15) is 4.90 Å². The van der Waals surface area contributed by atoms with Crippen molar-refractivity contribution in [1.29, 1.82) is 0 Å². The summed E-state index contributed by atoms with van der Waals surface area (Å²) in [7, 11) is -2.49. The first kappa shape index (κ1) is 11.0. The van der Waals surface area contributed by atoms with Crippen LogP contribution in [0.3, 0.4) is 0 Å². The topological polar surface area (TPSA) is 92.4 Å². The molecular weight excluding hydrogens is 204 g/mol. The van der Waals surface area contributed by atoms with Crippen molar-refractivity contribution < 1.29 is 13.0 Å². The van der Waals surface area contributed by atoms with Crippen LogP contribution in [0, 0.1) is 0 Å². The largest absolute Gasteiger partial charge is 0.398 e. The predicted molar refractivity (Wildman–Crippen MR) is 53.4 cm³/mol. The molecule has 0 saturated carbocycles. The summed E-state index contributed by atoms with van der Waals surface area (Å²) in [4.78, 5) is -0.245. The van der Waals surface area contributed by atoms with Crippen molar-refractivity contribution in [2.24, 2.45) is 0 Å². The van der Waals surface area contributed by atoms with E-state index in [1.807, 2.05) is 0 Å². The Labute approximate surface area is 82.7 Å². The summed E-state index contributed by atoms with van der Waals surface area (Å²) in [6.07, 6.45) is 0. The molecule has 14 heavy (non-hydrogen) atoms. The molecule has 0 aliphatic carbocycles. The predicted octanol–water partition coefficient (Wildman–Crippen LogP) is 0.235. The lowest BCUT2D eigenvalue weighted by molar-refractivity contribution is 0.483. The SMILES string of the molecule is CNCc1ccc(N)c(S(=O)(=O)O)c1. The summed E-state index contributed by atoms with van der Waals surface area (Å²) in [5.41, 5.74) is 6.21. The monoisotopic (exact) mass is 216 g/mol. The highest BCUT2D eigenvalue weighted by molar-refractivity contribution is 7.86. The Morgan fingerprint density at radius 1 is 1.50 bits per heavy atom. The first-order valence-corrected chi connectivity index (χ1v) is 5.39. The molecule has 5 nitrogen and oxygen atoms in total. The molecule has 0 saturated heterocycles. The van der Waals surface area contributed by atoms with Crippen LogP contribution in [-0.4, -0.2) is 20.0 Å². The molecule has 4 N–H and O–H groups in total. The van der Waals surface area contributed by atoms with Gasteiger partial charge in [0.05, 0.1) is 5.69 Å². The van der Waals surface area contributed by atoms with Gasteiger partial charge < -0.3 is 11.1 Å². The standard InChI is InChI=1S/C8H12N2O3S/c1-10-5-6-2-3-7(9)8(4-6)14(11,12)13/h2-4,10H,5,9H2,1H3,(H,11,12,13). The first-order chi connectivity index (χ1) is 6.45. The molecular formula is C8H12N2O3S. The number of hydrogen-bond acceptors (Lipinski definition) is 4. The molecule has 0 atom stereocenters. The van der Waals surface area contributed by atoms with E-state index >= 15 is 0 Å². The van der Waals surface area contributed by atoms with Gasteiger partial charge in [-0.3, -0.25) is 4.55 Å². The summed E-state index contributed by atoms with van der Waals surface area (Å²) < 4.78 is 30.6. The number of nitrogens with two attached hydrogens (primary N) is 1. The fourth-order valence-corrected chi connectivity index (χ4v) is 1.78. The summed E-state index contributed by atoms with van der Waals surface area (Å²) in [6.45, 7) is 0.517. The maximum atomic E-state index is 10.9. The van der Waals surface area contributed by atoms with Crippen molar-refractivity contribution in [2.75, 3.05) is 12.8 Å². The second-order valence-electron chi connectivity index (χ2n) is 2.88. The molecule has 78 valence electrons. The Morgan fingerprint density at radius 2 is 2.14 bits per heavy atom. The molecule has 0 radical (unpaired) electrons. The molecule has 1 aromatic rings. The van der Waals surface area contributed by atoms with E-state index < -0.39 is 10.1 Å². The van der Waals surface area contributed by atoms with Crippen molar-refractivity contribution >= 4 is 15.8 Å². The third-order valence-electron chi connectivity index (χ3n) is 1.74. The van der Waals surface area contributed by atoms with Crippen molar-refractivity contribution in [1.82, 2.24) is 5.32 Å². The molecule has 1 aromatic carbocycles. The van der Waals surface area contributed by atoms with Crippen LogP contribution in [0.1, 0.15) is 5.56 Å². The van der Waals surface area contributed by atoms with Crippen molar-refractivity contribution in [2.45, 2.75) is 11.4 Å². The molecule has 0 amide bonds. The molecule has 0 aliphatic rings. The molecule has 0 bridgehead atoms. The maximum absolute atomic E-state index is 10.9. The molecule has 0 unspecified atom stereocenters. The second-order valence-corrected chi connectivity index (χ2v) is 4.27. The summed E-state index contributed by atoms with van der Waals surface area (Å²) in [5, 5.41) is 2.86. The normalized spacial score (nSPS) is 11.6. The van der Waals surface area contributed by atoms with Crippen LogP contribution in [0.5, 0.6) is 0 Å². The minimum Gasteiger partial charge on any atom is -0.398 e. The third kappa shape index (κ3) is 2.44. The van der Waals surface area contributed by atoms with E-state index in [2.05, 4.69) is 5.32 Å². The van der Waals surface area contributed by atoms with Crippen molar-refractivity contribution in [3.63, 3.8) is 0 Å². The average molecular weight is 216 g/mol. The van der Waals surface area contributed by atoms with Crippen LogP contribution < -0.4 is 11.1 Å². The van der Waals surface area contributed by atoms with Gasteiger partial charge in [0, 0.05) is 6.54 Å². The lowest BCUT2D eigenvalue weighted by Gasteiger charge is -2.05. The third-order valence-corrected chi connectivity index (χ3v) is 2.65. The number of rotatable bonds is 3. The molecule has 1 rings (SSSR count). The molecule has 0 aliphatic heterocycles. The van der Waals surface area contributed by atoms with E-state index in [1.165, 1.54) is 12.1 Å². The molecule has 0 heterocycles. The van der Waals surface area contributed by atoms with Crippen LogP contribution >= 0.6 is 0 Å². The van der Waals surface area contributed by atoms with Crippen LogP contribution in [0.15, 0.2) is 23.1 Å². The number of anilines is 1. The minimum absolute atomic E-state index is 0.0485. The minimum atomic E-state index is -4.23. The van der Waals surface area contributed by atoms with Crippen molar-refractivity contribution in [3.8, 4) is 0 Å². The van der Waals surface area contributed by atoms with Gasteiger partial charge in [0.2, 0.25) is 0 Å². The molecule has 0 aromatic heterocycles. The van der Waals surface area contributed by atoms with E-state index in [0.29, 0.717) is 6.54 Å². The van der Waals surface area contributed by atoms with E-state index in [9.17, 15) is 8.42 Å². The highest BCUT2D eigenvalue weighted by atomic mass is 32.2. The quantitative estimate of drug-likeness (QED) is 0.497. The van der Waals surface area contributed by atoms with E-state index in [0.717, 1.165) is 5.56 Å². The molecule has 0 spiro atoms. The smallest absolute Gasteiger partial charge is 0.296 e.